The molecule has 0 heterocycles. The molecular formula is C48H56N2O2-2. The van der Waals surface area contributed by atoms with Crippen molar-refractivity contribution in [3.8, 4) is 0 Å². The highest BCUT2D eigenvalue weighted by Crippen LogP contribution is 2.51. The SMILES string of the molecule is CCCCN(CCCC)c1ccc(C2C([O-])C(c3ccc(N(CCCC)CCCC)c4cc5ccccc5cc34)C2[O-])c2cc3ccccc3cc12. The van der Waals surface area contributed by atoms with E-state index < -0.39 is 24.0 Å². The third kappa shape index (κ3) is 6.88. The first-order valence-corrected chi connectivity index (χ1v) is 20.2. The normalized spacial score (nSPS) is 18.7. The Balaban J connectivity index is 1.32. The molecule has 1 aliphatic rings. The monoisotopic (exact) mass is 692 g/mol. The Morgan fingerprint density at radius 3 is 1.04 bits per heavy atom. The van der Waals surface area contributed by atoms with Crippen LogP contribution in [-0.2, 0) is 0 Å². The van der Waals surface area contributed by atoms with Crippen molar-refractivity contribution in [2.24, 2.45) is 0 Å². The number of anilines is 2. The molecule has 4 heteroatoms. The number of unbranched alkanes of at least 4 members (excludes halogenated alkanes) is 4. The summed E-state index contributed by atoms with van der Waals surface area (Å²) in [6.07, 6.45) is 7.06. The van der Waals surface area contributed by atoms with Crippen molar-refractivity contribution in [1.29, 1.82) is 0 Å². The van der Waals surface area contributed by atoms with Gasteiger partial charge in [-0.2, -0.15) is 0 Å². The highest BCUT2D eigenvalue weighted by Gasteiger charge is 2.40. The van der Waals surface area contributed by atoms with Crippen LogP contribution in [0.3, 0.4) is 0 Å². The number of rotatable bonds is 16. The van der Waals surface area contributed by atoms with Gasteiger partial charge in [0.2, 0.25) is 0 Å². The summed E-state index contributed by atoms with van der Waals surface area (Å²) in [6, 6.07) is 34.7. The van der Waals surface area contributed by atoms with Gasteiger partial charge in [0.15, 0.2) is 0 Å². The molecule has 1 aliphatic carbocycles. The number of fused-ring (bicyclic) bond motifs is 4. The van der Waals surface area contributed by atoms with Gasteiger partial charge in [0, 0.05) is 48.3 Å². The smallest absolute Gasteiger partial charge is 0.0446 e. The fourth-order valence-electron chi connectivity index (χ4n) is 8.70. The van der Waals surface area contributed by atoms with Gasteiger partial charge >= 0.3 is 0 Å². The fraction of sp³-hybridized carbons (Fsp3) is 0.417. The molecule has 0 unspecified atom stereocenters. The van der Waals surface area contributed by atoms with E-state index in [0.29, 0.717) is 0 Å². The lowest BCUT2D eigenvalue weighted by Gasteiger charge is -2.62. The van der Waals surface area contributed by atoms with Crippen LogP contribution in [0.1, 0.15) is 102 Å². The number of nitrogens with zero attached hydrogens (tertiary/aromatic N) is 2. The molecule has 0 atom stereocenters. The van der Waals surface area contributed by atoms with Gasteiger partial charge in [-0.15, -0.1) is 12.2 Å². The van der Waals surface area contributed by atoms with Gasteiger partial charge in [0.25, 0.3) is 0 Å². The second kappa shape index (κ2) is 16.3. The highest BCUT2D eigenvalue weighted by atomic mass is 16.3. The van der Waals surface area contributed by atoms with Crippen LogP contribution in [0.15, 0.2) is 97.1 Å². The van der Waals surface area contributed by atoms with Gasteiger partial charge in [-0.3, -0.25) is 0 Å². The summed E-state index contributed by atoms with van der Waals surface area (Å²) in [7, 11) is 0. The van der Waals surface area contributed by atoms with Crippen molar-refractivity contribution >= 4 is 54.5 Å². The predicted molar refractivity (Wildman–Crippen MR) is 220 cm³/mol. The van der Waals surface area contributed by atoms with E-state index >= 15 is 0 Å². The van der Waals surface area contributed by atoms with Crippen LogP contribution < -0.4 is 20.0 Å². The zero-order chi connectivity index (χ0) is 36.2. The second-order valence-electron chi connectivity index (χ2n) is 15.2. The molecule has 6 aromatic carbocycles. The summed E-state index contributed by atoms with van der Waals surface area (Å²) in [5.74, 6) is -1.19. The maximum Gasteiger partial charge on any atom is 0.0446 e. The van der Waals surface area contributed by atoms with Crippen LogP contribution >= 0.6 is 0 Å². The third-order valence-electron chi connectivity index (χ3n) is 11.7. The first-order chi connectivity index (χ1) is 25.5. The van der Waals surface area contributed by atoms with Crippen LogP contribution in [0.25, 0.3) is 43.1 Å². The Kier molecular flexibility index (Phi) is 11.3. The number of hydrogen-bond donors (Lipinski definition) is 0. The van der Waals surface area contributed by atoms with E-state index in [1.165, 1.54) is 22.1 Å². The standard InChI is InChI=1S/C48H56N2O2/c1-5-9-25-49(26-10-6-2)43-23-21-37(39-29-33-17-13-15-19-35(33)31-41(39)43)45-47(51)46(48(45)52)38-22-24-44(50(27-11-7-3)28-12-8-4)42-32-36-20-16-14-18-34(36)30-40(38)42/h13-24,29-32,45-48H,5-12,25-28H2,1-4H3/q-2. The van der Waals surface area contributed by atoms with Crippen LogP contribution in [0.5, 0.6) is 0 Å². The van der Waals surface area contributed by atoms with E-state index in [2.05, 4.69) is 135 Å². The van der Waals surface area contributed by atoms with E-state index in [0.717, 1.165) is 121 Å². The van der Waals surface area contributed by atoms with Crippen molar-refractivity contribution in [1.82, 2.24) is 0 Å². The molecule has 6 aromatic rings. The topological polar surface area (TPSA) is 52.6 Å². The maximum absolute atomic E-state index is 14.7. The Labute approximate surface area is 311 Å². The summed E-state index contributed by atoms with van der Waals surface area (Å²) in [4.78, 5) is 5.06. The Morgan fingerprint density at radius 1 is 0.423 bits per heavy atom. The molecule has 1 fully saturated rings. The van der Waals surface area contributed by atoms with Gasteiger partial charge < -0.3 is 20.0 Å². The molecular weight excluding hydrogens is 637 g/mol. The summed E-state index contributed by atoms with van der Waals surface area (Å²) in [6.45, 7) is 13.0. The van der Waals surface area contributed by atoms with Crippen molar-refractivity contribution in [2.45, 2.75) is 103 Å². The lowest BCUT2D eigenvalue weighted by molar-refractivity contribution is -0.535. The van der Waals surface area contributed by atoms with Gasteiger partial charge in [-0.25, -0.2) is 0 Å². The zero-order valence-corrected chi connectivity index (χ0v) is 31.7. The highest BCUT2D eigenvalue weighted by molar-refractivity contribution is 6.07. The van der Waals surface area contributed by atoms with Crippen molar-refractivity contribution in [3.63, 3.8) is 0 Å². The minimum absolute atomic E-state index is 0.594. The van der Waals surface area contributed by atoms with Crippen LogP contribution in [0.4, 0.5) is 11.4 Å². The first-order valence-electron chi connectivity index (χ1n) is 20.2. The van der Waals surface area contributed by atoms with E-state index in [9.17, 15) is 10.2 Å². The van der Waals surface area contributed by atoms with Crippen LogP contribution in [-0.4, -0.2) is 38.4 Å². The average Bonchev–Trinajstić information content (AvgIpc) is 3.17. The van der Waals surface area contributed by atoms with Gasteiger partial charge in [0.1, 0.15) is 0 Å². The molecule has 0 aromatic heterocycles. The first kappa shape index (κ1) is 36.2. The Morgan fingerprint density at radius 2 is 0.731 bits per heavy atom. The number of benzene rings is 6. The Bertz CT molecular complexity index is 1960. The summed E-state index contributed by atoms with van der Waals surface area (Å²) in [5.41, 5.74) is 4.28. The molecule has 52 heavy (non-hydrogen) atoms. The summed E-state index contributed by atoms with van der Waals surface area (Å²) >= 11 is 0. The van der Waals surface area contributed by atoms with Crippen molar-refractivity contribution in [2.75, 3.05) is 36.0 Å². The van der Waals surface area contributed by atoms with Gasteiger partial charge in [-0.1, -0.05) is 114 Å². The third-order valence-corrected chi connectivity index (χ3v) is 11.7. The molecule has 0 N–H and O–H groups in total. The fourth-order valence-corrected chi connectivity index (χ4v) is 8.70. The molecule has 0 aliphatic heterocycles. The van der Waals surface area contributed by atoms with Gasteiger partial charge in [-0.05, 0) is 117 Å². The predicted octanol–water partition coefficient (Wildman–Crippen LogP) is 10.5. The van der Waals surface area contributed by atoms with E-state index in [1.54, 1.807) is 0 Å². The van der Waals surface area contributed by atoms with Crippen molar-refractivity contribution < 1.29 is 10.2 Å². The summed E-state index contributed by atoms with van der Waals surface area (Å²) in [5, 5.41) is 38.4. The van der Waals surface area contributed by atoms with Crippen LogP contribution in [0, 0.1) is 0 Å². The maximum atomic E-state index is 14.7. The van der Waals surface area contributed by atoms with E-state index in [1.807, 2.05) is 0 Å². The zero-order valence-electron chi connectivity index (χ0n) is 31.7. The molecule has 4 nitrogen and oxygen atoms in total. The second-order valence-corrected chi connectivity index (χ2v) is 15.2. The molecule has 1 saturated carbocycles. The minimum atomic E-state index is -1.02. The summed E-state index contributed by atoms with van der Waals surface area (Å²) < 4.78 is 0. The van der Waals surface area contributed by atoms with Crippen LogP contribution in [0.2, 0.25) is 0 Å². The Hall–Kier alpha value is -4.12. The van der Waals surface area contributed by atoms with E-state index in [4.69, 9.17) is 0 Å². The molecule has 0 bridgehead atoms. The molecule has 0 spiro atoms. The molecule has 7 rings (SSSR count). The molecule has 0 radical (unpaired) electrons. The number of hydrogen-bond acceptors (Lipinski definition) is 4. The molecule has 0 amide bonds. The lowest BCUT2D eigenvalue weighted by atomic mass is 9.62. The van der Waals surface area contributed by atoms with Gasteiger partial charge in [0.05, 0.1) is 0 Å². The average molecular weight is 693 g/mol. The van der Waals surface area contributed by atoms with E-state index in [-0.39, 0.29) is 0 Å². The molecule has 272 valence electrons. The largest absolute Gasteiger partial charge is 0.851 e. The van der Waals surface area contributed by atoms with Crippen molar-refractivity contribution in [3.05, 3.63) is 108 Å². The minimum Gasteiger partial charge on any atom is -0.851 e. The quantitative estimate of drug-likeness (QED) is 0.0948. The molecule has 0 saturated heterocycles. The lowest BCUT2D eigenvalue weighted by Crippen LogP contribution is -2.63.